The van der Waals surface area contributed by atoms with E-state index in [0.29, 0.717) is 10.8 Å². The van der Waals surface area contributed by atoms with Gasteiger partial charge >= 0.3 is 0 Å². The third-order valence-electron chi connectivity index (χ3n) is 4.10. The molecule has 0 aromatic heterocycles. The third kappa shape index (κ3) is 4.08. The van der Waals surface area contributed by atoms with E-state index in [1.807, 2.05) is 0 Å². The highest BCUT2D eigenvalue weighted by atomic mass is 14.8. The Morgan fingerprint density at radius 3 is 1.81 bits per heavy atom. The molecule has 0 aliphatic heterocycles. The van der Waals surface area contributed by atoms with Gasteiger partial charge in [0.2, 0.25) is 0 Å². The molecule has 16 heavy (non-hydrogen) atoms. The molecule has 0 heterocycles. The van der Waals surface area contributed by atoms with Gasteiger partial charge in [0.05, 0.1) is 0 Å². The summed E-state index contributed by atoms with van der Waals surface area (Å²) in [5.41, 5.74) is 0.849. The second-order valence-electron chi connectivity index (χ2n) is 6.95. The number of nitrogens with one attached hydrogen (secondary N) is 1. The summed E-state index contributed by atoms with van der Waals surface area (Å²) in [6.07, 6.45) is 2.55. The minimum atomic E-state index is 0.396. The zero-order chi connectivity index (χ0) is 13.0. The Balaban J connectivity index is 4.97. The van der Waals surface area contributed by atoms with Gasteiger partial charge < -0.3 is 5.32 Å². The third-order valence-corrected chi connectivity index (χ3v) is 4.10. The van der Waals surface area contributed by atoms with Gasteiger partial charge in [-0.15, -0.1) is 0 Å². The van der Waals surface area contributed by atoms with E-state index in [9.17, 15) is 0 Å². The van der Waals surface area contributed by atoms with Crippen molar-refractivity contribution in [3.8, 4) is 0 Å². The SMILES string of the molecule is CCC(C)(CCNC)[C@H](C(C)C)C(C)(C)C. The summed E-state index contributed by atoms with van der Waals surface area (Å²) in [6.45, 7) is 17.9. The van der Waals surface area contributed by atoms with E-state index in [1.54, 1.807) is 0 Å². The normalized spacial score (nSPS) is 18.6. The van der Waals surface area contributed by atoms with Crippen molar-refractivity contribution < 1.29 is 0 Å². The first kappa shape index (κ1) is 16.0. The molecule has 1 nitrogen and oxygen atoms in total. The maximum atomic E-state index is 3.30. The van der Waals surface area contributed by atoms with Crippen LogP contribution in [0.2, 0.25) is 0 Å². The molecule has 1 N–H and O–H groups in total. The molecule has 0 fully saturated rings. The summed E-state index contributed by atoms with van der Waals surface area (Å²) < 4.78 is 0. The monoisotopic (exact) mass is 227 g/mol. The molecule has 0 saturated heterocycles. The Morgan fingerprint density at radius 2 is 1.56 bits per heavy atom. The van der Waals surface area contributed by atoms with E-state index in [-0.39, 0.29) is 0 Å². The second-order valence-corrected chi connectivity index (χ2v) is 6.95. The Morgan fingerprint density at radius 1 is 1.06 bits per heavy atom. The van der Waals surface area contributed by atoms with Crippen molar-refractivity contribution in [3.63, 3.8) is 0 Å². The van der Waals surface area contributed by atoms with Crippen molar-refractivity contribution in [2.45, 2.75) is 61.3 Å². The van der Waals surface area contributed by atoms with Crippen molar-refractivity contribution in [1.29, 1.82) is 0 Å². The van der Waals surface area contributed by atoms with Crippen LogP contribution >= 0.6 is 0 Å². The molecular weight excluding hydrogens is 194 g/mol. The summed E-state index contributed by atoms with van der Waals surface area (Å²) >= 11 is 0. The Labute approximate surface area is 103 Å². The molecule has 98 valence electrons. The van der Waals surface area contributed by atoms with E-state index < -0.39 is 0 Å². The molecule has 0 amide bonds. The van der Waals surface area contributed by atoms with Gasteiger partial charge in [0.15, 0.2) is 0 Å². The first-order valence-corrected chi connectivity index (χ1v) is 6.83. The van der Waals surface area contributed by atoms with Crippen LogP contribution in [0, 0.1) is 22.7 Å². The lowest BCUT2D eigenvalue weighted by atomic mass is 9.58. The van der Waals surface area contributed by atoms with E-state index >= 15 is 0 Å². The van der Waals surface area contributed by atoms with Crippen molar-refractivity contribution in [3.05, 3.63) is 0 Å². The van der Waals surface area contributed by atoms with Gasteiger partial charge in [-0.2, -0.15) is 0 Å². The molecule has 0 aliphatic carbocycles. The van der Waals surface area contributed by atoms with Gasteiger partial charge in [-0.05, 0) is 42.7 Å². The molecule has 0 aromatic rings. The maximum absolute atomic E-state index is 3.30. The summed E-state index contributed by atoms with van der Waals surface area (Å²) in [4.78, 5) is 0. The average Bonchev–Trinajstić information content (AvgIpc) is 2.11. The molecule has 0 spiro atoms. The summed E-state index contributed by atoms with van der Waals surface area (Å²) in [5, 5.41) is 3.30. The topological polar surface area (TPSA) is 12.0 Å². The molecule has 2 atom stereocenters. The van der Waals surface area contributed by atoms with Crippen LogP contribution in [0.1, 0.15) is 61.3 Å². The zero-order valence-electron chi connectivity index (χ0n) is 12.8. The highest BCUT2D eigenvalue weighted by Gasteiger charge is 2.41. The summed E-state index contributed by atoms with van der Waals surface area (Å²) in [6, 6.07) is 0. The maximum Gasteiger partial charge on any atom is -0.00466 e. The predicted molar refractivity (Wildman–Crippen MR) is 74.7 cm³/mol. The van der Waals surface area contributed by atoms with Crippen LogP contribution < -0.4 is 5.32 Å². The van der Waals surface area contributed by atoms with Crippen molar-refractivity contribution in [2.75, 3.05) is 13.6 Å². The van der Waals surface area contributed by atoms with Gasteiger partial charge in [0.25, 0.3) is 0 Å². The van der Waals surface area contributed by atoms with Gasteiger partial charge in [-0.1, -0.05) is 54.9 Å². The fourth-order valence-corrected chi connectivity index (χ4v) is 3.81. The lowest BCUT2D eigenvalue weighted by Crippen LogP contribution is -2.41. The molecule has 0 rings (SSSR count). The first-order chi connectivity index (χ1) is 7.19. The molecular formula is C15H33N. The number of hydrogen-bond donors (Lipinski definition) is 1. The van der Waals surface area contributed by atoms with Gasteiger partial charge in [-0.25, -0.2) is 0 Å². The lowest BCUT2D eigenvalue weighted by Gasteiger charge is -2.47. The average molecular weight is 227 g/mol. The largest absolute Gasteiger partial charge is 0.320 e. The van der Waals surface area contributed by atoms with Gasteiger partial charge in [0, 0.05) is 0 Å². The van der Waals surface area contributed by atoms with Crippen LogP contribution in [0.4, 0.5) is 0 Å². The molecule has 0 saturated carbocycles. The van der Waals surface area contributed by atoms with Gasteiger partial charge in [-0.3, -0.25) is 0 Å². The Kier molecular flexibility index (Phi) is 6.03. The zero-order valence-corrected chi connectivity index (χ0v) is 12.8. The number of hydrogen-bond acceptors (Lipinski definition) is 1. The molecule has 0 aromatic carbocycles. The van der Waals surface area contributed by atoms with Crippen LogP contribution in [0.5, 0.6) is 0 Å². The smallest absolute Gasteiger partial charge is 0.00466 e. The Bertz CT molecular complexity index is 190. The minimum Gasteiger partial charge on any atom is -0.320 e. The molecule has 0 aliphatic rings. The first-order valence-electron chi connectivity index (χ1n) is 6.83. The highest BCUT2D eigenvalue weighted by Crippen LogP contribution is 2.48. The second kappa shape index (κ2) is 6.05. The van der Waals surface area contributed by atoms with Crippen molar-refractivity contribution >= 4 is 0 Å². The van der Waals surface area contributed by atoms with Gasteiger partial charge in [0.1, 0.15) is 0 Å². The van der Waals surface area contributed by atoms with Crippen LogP contribution in [0.25, 0.3) is 0 Å². The fourth-order valence-electron chi connectivity index (χ4n) is 3.81. The van der Waals surface area contributed by atoms with Crippen molar-refractivity contribution in [2.24, 2.45) is 22.7 Å². The van der Waals surface area contributed by atoms with E-state index in [4.69, 9.17) is 0 Å². The van der Waals surface area contributed by atoms with Crippen LogP contribution in [0.3, 0.4) is 0 Å². The highest BCUT2D eigenvalue weighted by molar-refractivity contribution is 4.90. The minimum absolute atomic E-state index is 0.396. The van der Waals surface area contributed by atoms with Crippen molar-refractivity contribution in [1.82, 2.24) is 5.32 Å². The number of rotatable bonds is 6. The molecule has 0 bridgehead atoms. The van der Waals surface area contributed by atoms with Crippen LogP contribution in [-0.2, 0) is 0 Å². The summed E-state index contributed by atoms with van der Waals surface area (Å²) in [5.74, 6) is 1.53. The molecule has 0 radical (unpaired) electrons. The summed E-state index contributed by atoms with van der Waals surface area (Å²) in [7, 11) is 2.05. The molecule has 1 heteroatoms. The standard InChI is InChI=1S/C15H33N/c1-9-15(7,10-11-16-8)13(12(2)3)14(4,5)6/h12-13,16H,9-11H2,1-8H3/t13-,15?/m1/s1. The lowest BCUT2D eigenvalue weighted by molar-refractivity contribution is 0.0205. The van der Waals surface area contributed by atoms with Crippen LogP contribution in [-0.4, -0.2) is 13.6 Å². The van der Waals surface area contributed by atoms with E-state index in [0.717, 1.165) is 18.4 Å². The van der Waals surface area contributed by atoms with Crippen LogP contribution in [0.15, 0.2) is 0 Å². The molecule has 1 unspecified atom stereocenters. The fraction of sp³-hybridized carbons (Fsp3) is 1.00. The quantitative estimate of drug-likeness (QED) is 0.712. The van der Waals surface area contributed by atoms with E-state index in [1.165, 1.54) is 12.8 Å². The Hall–Kier alpha value is -0.0400. The predicted octanol–water partition coefficient (Wildman–Crippen LogP) is 4.33. The van der Waals surface area contributed by atoms with E-state index in [2.05, 4.69) is 60.8 Å².